The molecule has 1 unspecified atom stereocenters. The summed E-state index contributed by atoms with van der Waals surface area (Å²) in [5, 5.41) is 0. The minimum Gasteiger partial charge on any atom is -0.379 e. The maximum Gasteiger partial charge on any atom is 0.253 e. The first-order chi connectivity index (χ1) is 34.5. The smallest absolute Gasteiger partial charge is 0.253 e. The topological polar surface area (TPSA) is 204 Å². The average molecular weight is 1040 g/mol. The zero-order chi connectivity index (χ0) is 54.6. The molecule has 410 valence electrons. The molecule has 1 fully saturated rings. The van der Waals surface area contributed by atoms with Gasteiger partial charge in [0, 0.05) is 112 Å². The molecule has 17 nitrogen and oxygen atoms in total. The summed E-state index contributed by atoms with van der Waals surface area (Å²) in [6.45, 7) is 10.5. The van der Waals surface area contributed by atoms with Gasteiger partial charge in [0.25, 0.3) is 11.8 Å². The zero-order valence-corrected chi connectivity index (χ0v) is 47.0. The Kier molecular flexibility index (Phi) is 26.4. The number of hydrogen-bond acceptors (Lipinski definition) is 11. The van der Waals surface area contributed by atoms with Gasteiger partial charge in [0.2, 0.25) is 19.2 Å². The standard InChI is InChI=1S/C55H89N6O11P/c1-13-39(4)52(59(10)54(68)51(38(2)3)56-55(57(6)7)58(8)9)47(71-11)36-50(67)60-33-23-29-45(60)53(72-12)40(5)46(64)35-44(34-41-24-17-14-18-25-41)73(69,70)37-43(63)28-20-15-19-26-42(62)27-21-16-22-32-61-48(65)30-31-49(61)66/h14,17-18,24-25,30-31,38-40,44-45,47,51-53H,13,15-16,19-23,26-29,32-37H2,1-12H3,(H,69,70)/t39-,40-,44+,45-,47+,51-,52-,53+/m0/s1. The van der Waals surface area contributed by atoms with Gasteiger partial charge in [0.05, 0.1) is 36.9 Å². The molecule has 0 saturated carbocycles. The number of unbranched alkanes of at least 4 members (excludes halogenated alkanes) is 4. The number of likely N-dealkylation sites (N-methyl/N-ethyl adjacent to an activating group) is 1. The van der Waals surface area contributed by atoms with E-state index in [1.165, 1.54) is 24.2 Å². The van der Waals surface area contributed by atoms with Crippen LogP contribution in [0.3, 0.4) is 0 Å². The Morgan fingerprint density at radius 1 is 0.808 bits per heavy atom. The summed E-state index contributed by atoms with van der Waals surface area (Å²) in [5.74, 6) is -1.78. The number of aliphatic imine (C=N–C) groups is 1. The molecular weight excluding hydrogens is 952 g/mol. The summed E-state index contributed by atoms with van der Waals surface area (Å²) in [6, 6.07) is 7.55. The molecule has 4 amide bonds. The quantitative estimate of drug-likeness (QED) is 0.0253. The van der Waals surface area contributed by atoms with E-state index in [1.807, 2.05) is 89.1 Å². The Hall–Kier alpha value is -4.57. The van der Waals surface area contributed by atoms with Crippen molar-refractivity contribution in [1.29, 1.82) is 0 Å². The lowest BCUT2D eigenvalue weighted by Crippen LogP contribution is -2.55. The molecular formula is C55H89N6O11P. The number of nitrogens with zero attached hydrogens (tertiary/aromatic N) is 6. The van der Waals surface area contributed by atoms with Crippen molar-refractivity contribution in [2.45, 2.75) is 167 Å². The maximum atomic E-state index is 14.5. The van der Waals surface area contributed by atoms with Crippen molar-refractivity contribution in [2.24, 2.45) is 22.7 Å². The SMILES string of the molecule is CC[C@H](C)[C@@H]([C@@H](CC(=O)N1CCC[C@H]1[C@H](OC)[C@@H](C)C(=O)C[C@@H](Cc1ccccc1)P(=O)(O)CC(=O)CCCCCC(=O)CCCCCN1C(=O)C=CC1=O)OC)N(C)C(=O)[C@@H](N=C(N(C)C)N(C)C)C(C)C. The van der Waals surface area contributed by atoms with Crippen molar-refractivity contribution in [3.63, 3.8) is 0 Å². The summed E-state index contributed by atoms with van der Waals surface area (Å²) >= 11 is 0. The Bertz CT molecular complexity index is 2070. The van der Waals surface area contributed by atoms with Crippen LogP contribution < -0.4 is 0 Å². The van der Waals surface area contributed by atoms with Crippen LogP contribution in [-0.4, -0.2) is 181 Å². The van der Waals surface area contributed by atoms with E-state index in [2.05, 4.69) is 6.92 Å². The number of likely N-dealkylation sites (tertiary alicyclic amines) is 1. The van der Waals surface area contributed by atoms with Crippen LogP contribution in [0.2, 0.25) is 0 Å². The average Bonchev–Trinajstić information content (AvgIpc) is 3.95. The van der Waals surface area contributed by atoms with Gasteiger partial charge in [0.15, 0.2) is 5.96 Å². The summed E-state index contributed by atoms with van der Waals surface area (Å²) in [6.07, 6.45) is 6.93. The third-order valence-corrected chi connectivity index (χ3v) is 17.0. The van der Waals surface area contributed by atoms with Gasteiger partial charge in [-0.15, -0.1) is 0 Å². The summed E-state index contributed by atoms with van der Waals surface area (Å²) in [7, 11) is 8.15. The van der Waals surface area contributed by atoms with Crippen LogP contribution in [0.5, 0.6) is 0 Å². The molecule has 2 heterocycles. The number of ether oxygens (including phenoxy) is 2. The van der Waals surface area contributed by atoms with E-state index in [-0.39, 0.29) is 78.5 Å². The summed E-state index contributed by atoms with van der Waals surface area (Å²) in [5.41, 5.74) is -0.268. The van der Waals surface area contributed by atoms with Gasteiger partial charge in [-0.05, 0) is 62.3 Å². The monoisotopic (exact) mass is 1040 g/mol. The molecule has 0 bridgehead atoms. The van der Waals surface area contributed by atoms with Crippen molar-refractivity contribution in [2.75, 3.05) is 68.7 Å². The number of imide groups is 1. The molecule has 0 aliphatic carbocycles. The number of guanidine groups is 1. The lowest BCUT2D eigenvalue weighted by atomic mass is 9.88. The molecule has 3 rings (SSSR count). The summed E-state index contributed by atoms with van der Waals surface area (Å²) in [4.78, 5) is 117. The number of carbonyl (C=O) groups excluding carboxylic acids is 7. The largest absolute Gasteiger partial charge is 0.379 e. The van der Waals surface area contributed by atoms with Crippen LogP contribution in [0, 0.1) is 17.8 Å². The number of hydrogen-bond donors (Lipinski definition) is 1. The van der Waals surface area contributed by atoms with Crippen LogP contribution >= 0.6 is 7.37 Å². The van der Waals surface area contributed by atoms with Crippen molar-refractivity contribution in [3.8, 4) is 0 Å². The minimum absolute atomic E-state index is 0.0116. The second-order valence-corrected chi connectivity index (χ2v) is 23.6. The lowest BCUT2D eigenvalue weighted by Gasteiger charge is -2.40. The predicted molar refractivity (Wildman–Crippen MR) is 285 cm³/mol. The maximum absolute atomic E-state index is 14.5. The van der Waals surface area contributed by atoms with E-state index >= 15 is 0 Å². The molecule has 2 aliphatic heterocycles. The highest BCUT2D eigenvalue weighted by Gasteiger charge is 2.44. The van der Waals surface area contributed by atoms with Crippen molar-refractivity contribution < 1.29 is 52.5 Å². The van der Waals surface area contributed by atoms with Crippen LogP contribution in [0.4, 0.5) is 0 Å². The molecule has 73 heavy (non-hydrogen) atoms. The second kappa shape index (κ2) is 30.7. The van der Waals surface area contributed by atoms with Crippen LogP contribution in [0.25, 0.3) is 0 Å². The number of rotatable bonds is 33. The molecule has 1 aromatic carbocycles. The number of benzene rings is 1. The Labute approximate surface area is 436 Å². The third-order valence-electron chi connectivity index (χ3n) is 14.7. The van der Waals surface area contributed by atoms with Gasteiger partial charge in [-0.25, -0.2) is 4.99 Å². The Morgan fingerprint density at radius 2 is 1.38 bits per heavy atom. The van der Waals surface area contributed by atoms with Gasteiger partial charge in [0.1, 0.15) is 23.4 Å². The van der Waals surface area contributed by atoms with E-state index in [9.17, 15) is 43.0 Å². The highest BCUT2D eigenvalue weighted by molar-refractivity contribution is 7.59. The van der Waals surface area contributed by atoms with Crippen molar-refractivity contribution in [3.05, 3.63) is 48.0 Å². The van der Waals surface area contributed by atoms with Crippen LogP contribution in [-0.2, 0) is 54.0 Å². The number of Topliss-reactive ketones (excluding diaryl/α,β-unsaturated/α-hetero) is 3. The first kappa shape index (κ1) is 62.7. The number of ketones is 3. The zero-order valence-electron chi connectivity index (χ0n) is 46.1. The minimum atomic E-state index is -4.22. The molecule has 9 atom stereocenters. The molecule has 18 heteroatoms. The molecule has 0 spiro atoms. The van der Waals surface area contributed by atoms with E-state index in [0.29, 0.717) is 83.3 Å². The predicted octanol–water partition coefficient (Wildman–Crippen LogP) is 6.83. The Balaban J connectivity index is 1.66. The molecule has 2 aliphatic rings. The van der Waals surface area contributed by atoms with Crippen molar-refractivity contribution >= 4 is 54.3 Å². The van der Waals surface area contributed by atoms with Crippen LogP contribution in [0.1, 0.15) is 130 Å². The van der Waals surface area contributed by atoms with Gasteiger partial charge in [-0.1, -0.05) is 84.2 Å². The summed E-state index contributed by atoms with van der Waals surface area (Å²) < 4.78 is 26.4. The van der Waals surface area contributed by atoms with E-state index in [1.54, 1.807) is 30.9 Å². The number of amides is 4. The van der Waals surface area contributed by atoms with Gasteiger partial charge in [-0.3, -0.25) is 43.0 Å². The first-order valence-electron chi connectivity index (χ1n) is 26.5. The molecule has 1 aromatic rings. The first-order valence-corrected chi connectivity index (χ1v) is 28.4. The third kappa shape index (κ3) is 18.9. The van der Waals surface area contributed by atoms with E-state index in [4.69, 9.17) is 14.5 Å². The number of methoxy groups -OCH3 is 2. The fourth-order valence-corrected chi connectivity index (χ4v) is 12.2. The number of carbonyl (C=O) groups is 7. The van der Waals surface area contributed by atoms with Gasteiger partial charge < -0.3 is 34.0 Å². The second-order valence-electron chi connectivity index (χ2n) is 21.0. The molecule has 1 N–H and O–H groups in total. The molecule has 1 saturated heterocycles. The normalized spacial score (nSPS) is 18.4. The molecule has 0 aromatic heterocycles. The lowest BCUT2D eigenvalue weighted by molar-refractivity contribution is -0.146. The van der Waals surface area contributed by atoms with Crippen molar-refractivity contribution in [1.82, 2.24) is 24.5 Å². The van der Waals surface area contributed by atoms with E-state index in [0.717, 1.165) is 12.0 Å². The fourth-order valence-electron chi connectivity index (χ4n) is 10.3. The highest BCUT2D eigenvalue weighted by Crippen LogP contribution is 2.50. The van der Waals surface area contributed by atoms with Gasteiger partial charge in [-0.2, -0.15) is 0 Å². The highest BCUT2D eigenvalue weighted by atomic mass is 31.2. The van der Waals surface area contributed by atoms with E-state index < -0.39 is 55.4 Å². The molecule has 0 radical (unpaired) electrons. The Morgan fingerprint density at radius 3 is 1.92 bits per heavy atom. The van der Waals surface area contributed by atoms with Gasteiger partial charge >= 0.3 is 0 Å². The fraction of sp³-hybridized carbons (Fsp3) is 0.709. The van der Waals surface area contributed by atoms with Crippen LogP contribution in [0.15, 0.2) is 47.5 Å².